The highest BCUT2D eigenvalue weighted by molar-refractivity contribution is 5.85. The molecule has 2 aromatic rings. The summed E-state index contributed by atoms with van der Waals surface area (Å²) < 4.78 is 5.07. The van der Waals surface area contributed by atoms with Crippen LogP contribution < -0.4 is 5.32 Å². The molecule has 0 radical (unpaired) electrons. The van der Waals surface area contributed by atoms with Gasteiger partial charge in [-0.1, -0.05) is 60.7 Å². The molecule has 1 N–H and O–H groups in total. The minimum Gasteiger partial charge on any atom is -0.464 e. The van der Waals surface area contributed by atoms with Gasteiger partial charge in [-0.25, -0.2) is 4.79 Å². The molecule has 0 saturated heterocycles. The third-order valence-corrected chi connectivity index (χ3v) is 3.40. The van der Waals surface area contributed by atoms with Gasteiger partial charge in [0.2, 0.25) is 5.91 Å². The molecule has 0 aromatic heterocycles. The molecule has 0 saturated carbocycles. The van der Waals surface area contributed by atoms with Gasteiger partial charge in [-0.15, -0.1) is 0 Å². The maximum absolute atomic E-state index is 12.2. The lowest BCUT2D eigenvalue weighted by Gasteiger charge is -2.17. The summed E-state index contributed by atoms with van der Waals surface area (Å²) in [5.41, 5.74) is 1.89. The van der Waals surface area contributed by atoms with Gasteiger partial charge in [-0.05, 0) is 18.1 Å². The van der Waals surface area contributed by atoms with E-state index < -0.39 is 12.0 Å². The summed E-state index contributed by atoms with van der Waals surface area (Å²) in [6.07, 6.45) is 0.658. The average Bonchev–Trinajstić information content (AvgIpc) is 2.56. The predicted octanol–water partition coefficient (Wildman–Crippen LogP) is 2.52. The van der Waals surface area contributed by atoms with Crippen LogP contribution in [0.1, 0.15) is 18.1 Å². The molecule has 2 aromatic carbocycles. The van der Waals surface area contributed by atoms with Crippen LogP contribution >= 0.6 is 0 Å². The van der Waals surface area contributed by atoms with Gasteiger partial charge in [0.15, 0.2) is 0 Å². The molecule has 0 bridgehead atoms. The Morgan fingerprint density at radius 3 is 2.09 bits per heavy atom. The van der Waals surface area contributed by atoms with Crippen molar-refractivity contribution in [3.05, 3.63) is 71.8 Å². The fourth-order valence-electron chi connectivity index (χ4n) is 2.31. The van der Waals surface area contributed by atoms with Crippen LogP contribution in [0.5, 0.6) is 0 Å². The maximum atomic E-state index is 12.2. The molecular formula is C19H21NO3. The van der Waals surface area contributed by atoms with Crippen LogP contribution in [-0.4, -0.2) is 24.5 Å². The quantitative estimate of drug-likeness (QED) is 0.799. The number of hydrogen-bond acceptors (Lipinski definition) is 3. The fourth-order valence-corrected chi connectivity index (χ4v) is 2.31. The fraction of sp³-hybridized carbons (Fsp3) is 0.263. The molecule has 23 heavy (non-hydrogen) atoms. The molecule has 0 aliphatic heterocycles. The van der Waals surface area contributed by atoms with Crippen LogP contribution in [0.2, 0.25) is 0 Å². The van der Waals surface area contributed by atoms with E-state index in [0.717, 1.165) is 11.1 Å². The number of carbonyl (C=O) groups excluding carboxylic acids is 2. The van der Waals surface area contributed by atoms with Crippen molar-refractivity contribution in [3.8, 4) is 0 Å². The van der Waals surface area contributed by atoms with Gasteiger partial charge in [-0.3, -0.25) is 4.79 Å². The Balaban J connectivity index is 2.01. The highest BCUT2D eigenvalue weighted by Gasteiger charge is 2.22. The van der Waals surface area contributed by atoms with Crippen molar-refractivity contribution in [2.24, 2.45) is 0 Å². The molecule has 0 heterocycles. The zero-order valence-corrected chi connectivity index (χ0v) is 13.2. The molecule has 0 fully saturated rings. The Morgan fingerprint density at radius 1 is 0.957 bits per heavy atom. The first-order valence-corrected chi connectivity index (χ1v) is 7.73. The van der Waals surface area contributed by atoms with Crippen molar-refractivity contribution < 1.29 is 14.3 Å². The zero-order valence-electron chi connectivity index (χ0n) is 13.2. The largest absolute Gasteiger partial charge is 0.464 e. The third-order valence-electron chi connectivity index (χ3n) is 3.40. The Labute approximate surface area is 136 Å². The third kappa shape index (κ3) is 5.58. The highest BCUT2D eigenvalue weighted by atomic mass is 16.5. The lowest BCUT2D eigenvalue weighted by atomic mass is 10.1. The lowest BCUT2D eigenvalue weighted by molar-refractivity contribution is -0.147. The van der Waals surface area contributed by atoms with E-state index in [1.54, 1.807) is 6.92 Å². The van der Waals surface area contributed by atoms with E-state index in [1.807, 2.05) is 60.7 Å². The first kappa shape index (κ1) is 16.7. The summed E-state index contributed by atoms with van der Waals surface area (Å²) in [6.45, 7) is 2.04. The van der Waals surface area contributed by atoms with Crippen molar-refractivity contribution >= 4 is 11.9 Å². The van der Waals surface area contributed by atoms with E-state index in [4.69, 9.17) is 4.74 Å². The summed E-state index contributed by atoms with van der Waals surface area (Å²) >= 11 is 0. The van der Waals surface area contributed by atoms with Crippen LogP contribution in [-0.2, 0) is 27.2 Å². The molecule has 0 unspecified atom stereocenters. The lowest BCUT2D eigenvalue weighted by Crippen LogP contribution is -2.44. The Bertz CT molecular complexity index is 626. The number of esters is 1. The molecule has 4 nitrogen and oxygen atoms in total. The van der Waals surface area contributed by atoms with Gasteiger partial charge >= 0.3 is 5.97 Å². The SMILES string of the molecule is CCOC(=O)[C@@H](Cc1ccccc1)NC(=O)Cc1ccccc1. The van der Waals surface area contributed by atoms with E-state index in [0.29, 0.717) is 13.0 Å². The Hall–Kier alpha value is -2.62. The van der Waals surface area contributed by atoms with Gasteiger partial charge < -0.3 is 10.1 Å². The monoisotopic (exact) mass is 311 g/mol. The van der Waals surface area contributed by atoms with Crippen LogP contribution in [0.4, 0.5) is 0 Å². The summed E-state index contributed by atoms with van der Waals surface area (Å²) in [4.78, 5) is 24.3. The zero-order chi connectivity index (χ0) is 16.5. The molecule has 0 spiro atoms. The minimum atomic E-state index is -0.673. The van der Waals surface area contributed by atoms with E-state index >= 15 is 0 Å². The van der Waals surface area contributed by atoms with Gasteiger partial charge in [0.1, 0.15) is 6.04 Å². The molecule has 1 atom stereocenters. The van der Waals surface area contributed by atoms with Crippen molar-refractivity contribution in [1.82, 2.24) is 5.32 Å². The first-order chi connectivity index (χ1) is 11.2. The number of hydrogen-bond donors (Lipinski definition) is 1. The topological polar surface area (TPSA) is 55.4 Å². The van der Waals surface area contributed by atoms with Gasteiger partial charge in [-0.2, -0.15) is 0 Å². The molecule has 120 valence electrons. The van der Waals surface area contributed by atoms with Crippen molar-refractivity contribution in [1.29, 1.82) is 0 Å². The average molecular weight is 311 g/mol. The second kappa shape index (κ2) is 8.73. The van der Waals surface area contributed by atoms with E-state index in [-0.39, 0.29) is 12.3 Å². The summed E-state index contributed by atoms with van der Waals surface area (Å²) in [5.74, 6) is -0.594. The van der Waals surface area contributed by atoms with E-state index in [2.05, 4.69) is 5.32 Å². The molecular weight excluding hydrogens is 290 g/mol. The van der Waals surface area contributed by atoms with Gasteiger partial charge in [0.05, 0.1) is 13.0 Å². The second-order valence-corrected chi connectivity index (χ2v) is 5.22. The number of benzene rings is 2. The highest BCUT2D eigenvalue weighted by Crippen LogP contribution is 2.06. The van der Waals surface area contributed by atoms with E-state index in [1.165, 1.54) is 0 Å². The van der Waals surface area contributed by atoms with Gasteiger partial charge in [0, 0.05) is 6.42 Å². The summed E-state index contributed by atoms with van der Waals surface area (Å²) in [6, 6.07) is 18.3. The van der Waals surface area contributed by atoms with Crippen LogP contribution in [0.15, 0.2) is 60.7 Å². The Morgan fingerprint density at radius 2 is 1.52 bits per heavy atom. The number of carbonyl (C=O) groups is 2. The molecule has 1 amide bonds. The summed E-state index contributed by atoms with van der Waals surface area (Å²) in [7, 11) is 0. The standard InChI is InChI=1S/C19H21NO3/c1-2-23-19(22)17(13-15-9-5-3-6-10-15)20-18(21)14-16-11-7-4-8-12-16/h3-12,17H,2,13-14H2,1H3,(H,20,21)/t17-/m1/s1. The predicted molar refractivity (Wildman–Crippen MR) is 88.9 cm³/mol. The number of amides is 1. The number of nitrogens with one attached hydrogen (secondary N) is 1. The van der Waals surface area contributed by atoms with E-state index in [9.17, 15) is 9.59 Å². The van der Waals surface area contributed by atoms with Crippen molar-refractivity contribution in [2.75, 3.05) is 6.61 Å². The smallest absolute Gasteiger partial charge is 0.328 e. The number of ether oxygens (including phenoxy) is 1. The Kier molecular flexibility index (Phi) is 6.36. The first-order valence-electron chi connectivity index (χ1n) is 7.73. The van der Waals surface area contributed by atoms with Crippen LogP contribution in [0.25, 0.3) is 0 Å². The summed E-state index contributed by atoms with van der Waals surface area (Å²) in [5, 5.41) is 2.79. The van der Waals surface area contributed by atoms with Crippen molar-refractivity contribution in [3.63, 3.8) is 0 Å². The number of rotatable bonds is 7. The van der Waals surface area contributed by atoms with Gasteiger partial charge in [0.25, 0.3) is 0 Å². The molecule has 2 rings (SSSR count). The molecule has 0 aliphatic rings. The molecule has 4 heteroatoms. The van der Waals surface area contributed by atoms with Crippen LogP contribution in [0.3, 0.4) is 0 Å². The van der Waals surface area contributed by atoms with Crippen molar-refractivity contribution in [2.45, 2.75) is 25.8 Å². The molecule has 0 aliphatic carbocycles. The maximum Gasteiger partial charge on any atom is 0.328 e. The second-order valence-electron chi connectivity index (χ2n) is 5.22. The minimum absolute atomic E-state index is 0.190. The normalized spacial score (nSPS) is 11.5. The van der Waals surface area contributed by atoms with Crippen LogP contribution in [0, 0.1) is 0 Å².